The molecule has 1 aliphatic rings. The Bertz CT molecular complexity index is 716. The van der Waals surface area contributed by atoms with Gasteiger partial charge in [0.2, 0.25) is 5.95 Å². The van der Waals surface area contributed by atoms with Gasteiger partial charge in [0.25, 0.3) is 0 Å². The van der Waals surface area contributed by atoms with Gasteiger partial charge in [0.05, 0.1) is 13.7 Å². The van der Waals surface area contributed by atoms with Crippen LogP contribution in [-0.2, 0) is 6.54 Å². The maximum atomic E-state index is 5.85. The fraction of sp³-hybridized carbons (Fsp3) is 0.600. The summed E-state index contributed by atoms with van der Waals surface area (Å²) in [5, 5.41) is 9.03. The van der Waals surface area contributed by atoms with Crippen LogP contribution in [0.2, 0.25) is 0 Å². The molecule has 148 valence electrons. The molecule has 0 saturated carbocycles. The van der Waals surface area contributed by atoms with E-state index in [-0.39, 0.29) is 0 Å². The molecule has 1 atom stereocenters. The van der Waals surface area contributed by atoms with E-state index < -0.39 is 0 Å². The number of nitrogens with zero attached hydrogens (tertiary/aromatic N) is 5. The van der Waals surface area contributed by atoms with Gasteiger partial charge in [-0.1, -0.05) is 0 Å². The fourth-order valence-electron chi connectivity index (χ4n) is 3.64. The van der Waals surface area contributed by atoms with Gasteiger partial charge in [0.15, 0.2) is 0 Å². The molecule has 1 aliphatic heterocycles. The fourth-order valence-corrected chi connectivity index (χ4v) is 3.64. The van der Waals surface area contributed by atoms with Crippen molar-refractivity contribution in [3.8, 4) is 11.5 Å². The van der Waals surface area contributed by atoms with Crippen molar-refractivity contribution < 1.29 is 9.47 Å². The van der Waals surface area contributed by atoms with Crippen molar-refractivity contribution in [3.63, 3.8) is 0 Å². The van der Waals surface area contributed by atoms with E-state index in [1.807, 2.05) is 31.3 Å². The smallest absolute Gasteiger partial charge is 0.227 e. The summed E-state index contributed by atoms with van der Waals surface area (Å²) in [4.78, 5) is 4.50. The lowest BCUT2D eigenvalue weighted by molar-refractivity contribution is 0.243. The van der Waals surface area contributed by atoms with Crippen LogP contribution in [0.25, 0.3) is 0 Å². The number of likely N-dealkylation sites (tertiary alicyclic amines) is 1. The molecular formula is C20H31N5O2. The molecule has 27 heavy (non-hydrogen) atoms. The molecule has 1 fully saturated rings. The highest BCUT2D eigenvalue weighted by molar-refractivity contribution is 5.32. The normalized spacial score (nSPS) is 17.7. The predicted octanol–water partition coefficient (Wildman–Crippen LogP) is 2.63. The molecular weight excluding hydrogens is 342 g/mol. The minimum absolute atomic E-state index is 0.467. The van der Waals surface area contributed by atoms with Crippen molar-refractivity contribution in [1.29, 1.82) is 0 Å². The number of aromatic nitrogens is 3. The third-order valence-electron chi connectivity index (χ3n) is 5.16. The van der Waals surface area contributed by atoms with Crippen molar-refractivity contribution in [1.82, 2.24) is 19.7 Å². The molecule has 7 heteroatoms. The van der Waals surface area contributed by atoms with Crippen LogP contribution in [0.5, 0.6) is 11.5 Å². The zero-order valence-corrected chi connectivity index (χ0v) is 16.9. The Hall–Kier alpha value is -2.28. The molecule has 7 nitrogen and oxygen atoms in total. The van der Waals surface area contributed by atoms with Crippen LogP contribution in [0, 0.1) is 0 Å². The molecule has 0 amide bonds. The van der Waals surface area contributed by atoms with Gasteiger partial charge < -0.3 is 19.3 Å². The molecule has 0 unspecified atom stereocenters. The maximum absolute atomic E-state index is 5.85. The molecule has 0 N–H and O–H groups in total. The quantitative estimate of drug-likeness (QED) is 0.709. The van der Waals surface area contributed by atoms with Crippen LogP contribution in [0.4, 0.5) is 5.95 Å². The van der Waals surface area contributed by atoms with Gasteiger partial charge in [0.1, 0.15) is 23.9 Å². The van der Waals surface area contributed by atoms with Gasteiger partial charge in [0, 0.05) is 26.1 Å². The average molecular weight is 374 g/mol. The van der Waals surface area contributed by atoms with Crippen molar-refractivity contribution in [2.75, 3.05) is 52.3 Å². The summed E-state index contributed by atoms with van der Waals surface area (Å²) in [5.74, 6) is 4.17. The third kappa shape index (κ3) is 4.71. The second kappa shape index (κ2) is 9.08. The van der Waals surface area contributed by atoms with E-state index in [1.165, 1.54) is 19.4 Å². The average Bonchev–Trinajstić information content (AvgIpc) is 3.12. The summed E-state index contributed by atoms with van der Waals surface area (Å²) >= 11 is 0. The van der Waals surface area contributed by atoms with Gasteiger partial charge in [-0.3, -0.25) is 4.57 Å². The molecule has 0 spiro atoms. The predicted molar refractivity (Wildman–Crippen MR) is 107 cm³/mol. The van der Waals surface area contributed by atoms with Crippen LogP contribution in [0.15, 0.2) is 24.3 Å². The number of benzene rings is 1. The molecule has 3 rings (SSSR count). The topological polar surface area (TPSA) is 55.7 Å². The SMILES string of the molecule is CCn1c([C@H]2CCCN(C)C2)nnc1N(C)CCOc1ccc(OC)cc1. The first kappa shape index (κ1) is 19.5. The maximum Gasteiger partial charge on any atom is 0.227 e. The van der Waals surface area contributed by atoms with E-state index in [9.17, 15) is 0 Å². The number of methoxy groups -OCH3 is 1. The Morgan fingerprint density at radius 2 is 1.93 bits per heavy atom. The number of hydrogen-bond donors (Lipinski definition) is 0. The molecule has 0 radical (unpaired) electrons. The minimum Gasteiger partial charge on any atom is -0.497 e. The van der Waals surface area contributed by atoms with Crippen molar-refractivity contribution >= 4 is 5.95 Å². The number of ether oxygens (including phenoxy) is 2. The number of hydrogen-bond acceptors (Lipinski definition) is 6. The van der Waals surface area contributed by atoms with Crippen molar-refractivity contribution in [2.24, 2.45) is 0 Å². The zero-order chi connectivity index (χ0) is 19.2. The van der Waals surface area contributed by atoms with Crippen LogP contribution in [0.1, 0.15) is 31.5 Å². The first-order valence-electron chi connectivity index (χ1n) is 9.72. The standard InChI is InChI=1S/C20H31N5O2/c1-5-25-19(16-7-6-12-23(2)15-16)21-22-20(25)24(3)13-14-27-18-10-8-17(26-4)9-11-18/h8-11,16H,5-7,12-15H2,1-4H3/t16-/m0/s1. The number of piperidine rings is 1. The largest absolute Gasteiger partial charge is 0.497 e. The van der Waals surface area contributed by atoms with E-state index in [2.05, 4.69) is 38.5 Å². The lowest BCUT2D eigenvalue weighted by Gasteiger charge is -2.29. The Morgan fingerprint density at radius 3 is 2.59 bits per heavy atom. The summed E-state index contributed by atoms with van der Waals surface area (Å²) in [6, 6.07) is 7.65. The first-order valence-corrected chi connectivity index (χ1v) is 9.72. The highest BCUT2D eigenvalue weighted by atomic mass is 16.5. The summed E-state index contributed by atoms with van der Waals surface area (Å²) < 4.78 is 13.3. The van der Waals surface area contributed by atoms with Crippen molar-refractivity contribution in [2.45, 2.75) is 32.2 Å². The number of rotatable bonds is 8. The lowest BCUT2D eigenvalue weighted by atomic mass is 9.97. The third-order valence-corrected chi connectivity index (χ3v) is 5.16. The van der Waals surface area contributed by atoms with E-state index in [1.54, 1.807) is 7.11 Å². The van der Waals surface area contributed by atoms with Gasteiger partial charge in [-0.05, 0) is 57.6 Å². The Balaban J connectivity index is 1.59. The molecule has 2 aromatic rings. The lowest BCUT2D eigenvalue weighted by Crippen LogP contribution is -2.32. The molecule has 2 heterocycles. The minimum atomic E-state index is 0.467. The van der Waals surface area contributed by atoms with Gasteiger partial charge in [-0.2, -0.15) is 0 Å². The Labute approximate surface area is 161 Å². The highest BCUT2D eigenvalue weighted by Gasteiger charge is 2.25. The highest BCUT2D eigenvalue weighted by Crippen LogP contribution is 2.27. The van der Waals surface area contributed by atoms with Gasteiger partial charge in [-0.25, -0.2) is 0 Å². The van der Waals surface area contributed by atoms with Crippen LogP contribution >= 0.6 is 0 Å². The van der Waals surface area contributed by atoms with Crippen LogP contribution < -0.4 is 14.4 Å². The summed E-state index contributed by atoms with van der Waals surface area (Å²) in [6.45, 7) is 6.59. The zero-order valence-electron chi connectivity index (χ0n) is 16.9. The summed E-state index contributed by atoms with van der Waals surface area (Å²) in [7, 11) is 5.89. The number of likely N-dealkylation sites (N-methyl/N-ethyl adjacent to an activating group) is 2. The van der Waals surface area contributed by atoms with E-state index in [0.717, 1.165) is 42.9 Å². The van der Waals surface area contributed by atoms with Crippen LogP contribution in [0.3, 0.4) is 0 Å². The van der Waals surface area contributed by atoms with Gasteiger partial charge >= 0.3 is 0 Å². The summed E-state index contributed by atoms with van der Waals surface area (Å²) in [6.07, 6.45) is 2.41. The van der Waals surface area contributed by atoms with E-state index in [4.69, 9.17) is 9.47 Å². The van der Waals surface area contributed by atoms with Crippen molar-refractivity contribution in [3.05, 3.63) is 30.1 Å². The second-order valence-electron chi connectivity index (χ2n) is 7.15. The first-order chi connectivity index (χ1) is 13.1. The molecule has 1 aromatic heterocycles. The molecule has 1 aromatic carbocycles. The van der Waals surface area contributed by atoms with Gasteiger partial charge in [-0.15, -0.1) is 10.2 Å². The Morgan fingerprint density at radius 1 is 1.19 bits per heavy atom. The molecule has 0 aliphatic carbocycles. The van der Waals surface area contributed by atoms with Crippen LogP contribution in [-0.4, -0.2) is 67.1 Å². The Kier molecular flexibility index (Phi) is 6.55. The molecule has 1 saturated heterocycles. The van der Waals surface area contributed by atoms with E-state index >= 15 is 0 Å². The monoisotopic (exact) mass is 373 g/mol. The molecule has 0 bridgehead atoms. The summed E-state index contributed by atoms with van der Waals surface area (Å²) in [5.41, 5.74) is 0. The van der Waals surface area contributed by atoms with E-state index in [0.29, 0.717) is 12.5 Å². The number of anilines is 1. The second-order valence-corrected chi connectivity index (χ2v) is 7.15.